The van der Waals surface area contributed by atoms with Crippen LogP contribution in [0.4, 0.5) is 4.39 Å². The molecule has 0 fully saturated rings. The van der Waals surface area contributed by atoms with Crippen molar-refractivity contribution in [2.75, 3.05) is 19.6 Å². The molecule has 4 nitrogen and oxygen atoms in total. The summed E-state index contributed by atoms with van der Waals surface area (Å²) in [6.07, 6.45) is 0.417. The van der Waals surface area contributed by atoms with Crippen molar-refractivity contribution >= 4 is 5.91 Å². The molecule has 0 heterocycles. The van der Waals surface area contributed by atoms with E-state index < -0.39 is 6.10 Å². The molecule has 106 valence electrons. The lowest BCUT2D eigenvalue weighted by Gasteiger charge is -2.14. The molecular formula is C14H21FN2O2. The minimum Gasteiger partial charge on any atom is -0.481 e. The number of halogens is 1. The molecule has 0 saturated carbocycles. The molecule has 1 unspecified atom stereocenters. The van der Waals surface area contributed by atoms with E-state index in [1.54, 1.807) is 19.1 Å². The summed E-state index contributed by atoms with van der Waals surface area (Å²) >= 11 is 0. The Morgan fingerprint density at radius 3 is 2.84 bits per heavy atom. The Morgan fingerprint density at radius 2 is 2.16 bits per heavy atom. The summed E-state index contributed by atoms with van der Waals surface area (Å²) in [7, 11) is 0. The van der Waals surface area contributed by atoms with Crippen LogP contribution in [0.2, 0.25) is 0 Å². The van der Waals surface area contributed by atoms with Gasteiger partial charge in [0.25, 0.3) is 5.91 Å². The minimum absolute atomic E-state index is 0.206. The van der Waals surface area contributed by atoms with Crippen LogP contribution in [0.1, 0.15) is 20.3 Å². The molecule has 1 aromatic carbocycles. The van der Waals surface area contributed by atoms with E-state index in [4.69, 9.17) is 4.74 Å². The number of hydrogen-bond acceptors (Lipinski definition) is 3. The van der Waals surface area contributed by atoms with Crippen molar-refractivity contribution in [2.45, 2.75) is 26.4 Å². The van der Waals surface area contributed by atoms with Crippen LogP contribution >= 0.6 is 0 Å². The molecule has 0 aliphatic carbocycles. The second-order valence-corrected chi connectivity index (χ2v) is 4.26. The number of hydrogen-bond donors (Lipinski definition) is 2. The fraction of sp³-hybridized carbons (Fsp3) is 0.500. The summed E-state index contributed by atoms with van der Waals surface area (Å²) < 4.78 is 18.3. The van der Waals surface area contributed by atoms with Gasteiger partial charge >= 0.3 is 0 Å². The van der Waals surface area contributed by atoms with Gasteiger partial charge in [-0.15, -0.1) is 0 Å². The van der Waals surface area contributed by atoms with Gasteiger partial charge in [0.1, 0.15) is 11.6 Å². The van der Waals surface area contributed by atoms with E-state index in [0.29, 0.717) is 12.3 Å². The van der Waals surface area contributed by atoms with Crippen molar-refractivity contribution in [2.24, 2.45) is 0 Å². The van der Waals surface area contributed by atoms with Gasteiger partial charge in [-0.3, -0.25) is 4.79 Å². The number of carbonyl (C=O) groups is 1. The van der Waals surface area contributed by atoms with Gasteiger partial charge in [-0.2, -0.15) is 0 Å². The van der Waals surface area contributed by atoms with E-state index in [9.17, 15) is 9.18 Å². The van der Waals surface area contributed by atoms with Crippen LogP contribution in [0.5, 0.6) is 5.75 Å². The quantitative estimate of drug-likeness (QED) is 0.706. The monoisotopic (exact) mass is 268 g/mol. The van der Waals surface area contributed by atoms with Crippen LogP contribution in [-0.2, 0) is 4.79 Å². The van der Waals surface area contributed by atoms with Gasteiger partial charge in [0.15, 0.2) is 6.10 Å². The van der Waals surface area contributed by atoms with Gasteiger partial charge in [0.2, 0.25) is 0 Å². The fourth-order valence-corrected chi connectivity index (χ4v) is 1.52. The van der Waals surface area contributed by atoms with Crippen molar-refractivity contribution in [3.63, 3.8) is 0 Å². The lowest BCUT2D eigenvalue weighted by Crippen LogP contribution is -2.39. The zero-order chi connectivity index (χ0) is 14.1. The first kappa shape index (κ1) is 15.4. The molecule has 0 spiro atoms. The molecule has 0 saturated heterocycles. The van der Waals surface area contributed by atoms with Crippen LogP contribution in [0.15, 0.2) is 24.3 Å². The molecule has 5 heteroatoms. The van der Waals surface area contributed by atoms with Crippen LogP contribution in [0.25, 0.3) is 0 Å². The van der Waals surface area contributed by atoms with Crippen LogP contribution in [0, 0.1) is 5.82 Å². The Bertz CT molecular complexity index is 399. The first-order valence-corrected chi connectivity index (χ1v) is 6.54. The van der Waals surface area contributed by atoms with Gasteiger partial charge in [0, 0.05) is 19.2 Å². The molecular weight excluding hydrogens is 247 g/mol. The zero-order valence-corrected chi connectivity index (χ0v) is 11.4. The normalized spacial score (nSPS) is 11.9. The highest BCUT2D eigenvalue weighted by molar-refractivity contribution is 5.80. The Kier molecular flexibility index (Phi) is 6.89. The lowest BCUT2D eigenvalue weighted by molar-refractivity contribution is -0.127. The average molecular weight is 268 g/mol. The molecule has 19 heavy (non-hydrogen) atoms. The maximum absolute atomic E-state index is 13.0. The first-order valence-electron chi connectivity index (χ1n) is 6.54. The van der Waals surface area contributed by atoms with Crippen molar-refractivity contribution in [1.82, 2.24) is 10.6 Å². The Hall–Kier alpha value is -1.62. The number of nitrogens with one attached hydrogen (secondary N) is 2. The molecule has 1 aromatic rings. The van der Waals surface area contributed by atoms with E-state index in [1.165, 1.54) is 12.1 Å². The van der Waals surface area contributed by atoms with Gasteiger partial charge < -0.3 is 15.4 Å². The molecule has 1 rings (SSSR count). The molecule has 0 aliphatic heterocycles. The standard InChI is InChI=1S/C14H21FN2O2/c1-3-7-16-8-9-17-14(18)11(2)19-13-6-4-5-12(15)10-13/h4-6,10-11,16H,3,7-9H2,1-2H3,(H,17,18). The van der Waals surface area contributed by atoms with Gasteiger partial charge in [-0.1, -0.05) is 13.0 Å². The number of amides is 1. The smallest absolute Gasteiger partial charge is 0.260 e. The minimum atomic E-state index is -0.645. The predicted molar refractivity (Wildman–Crippen MR) is 72.7 cm³/mol. The van der Waals surface area contributed by atoms with E-state index >= 15 is 0 Å². The Morgan fingerprint density at radius 1 is 1.37 bits per heavy atom. The third-order valence-corrected chi connectivity index (χ3v) is 2.51. The van der Waals surface area contributed by atoms with E-state index in [1.807, 2.05) is 0 Å². The molecule has 0 aliphatic rings. The molecule has 0 radical (unpaired) electrons. The SMILES string of the molecule is CCCNCCNC(=O)C(C)Oc1cccc(F)c1. The summed E-state index contributed by atoms with van der Waals surface area (Å²) in [6, 6.07) is 5.75. The van der Waals surface area contributed by atoms with Crippen LogP contribution in [0.3, 0.4) is 0 Å². The topological polar surface area (TPSA) is 50.4 Å². The number of benzene rings is 1. The summed E-state index contributed by atoms with van der Waals surface area (Å²) in [5, 5.41) is 5.94. The summed E-state index contributed by atoms with van der Waals surface area (Å²) in [5.74, 6) is -0.233. The van der Waals surface area contributed by atoms with E-state index in [0.717, 1.165) is 19.5 Å². The highest BCUT2D eigenvalue weighted by Crippen LogP contribution is 2.13. The van der Waals surface area contributed by atoms with Crippen molar-refractivity contribution in [1.29, 1.82) is 0 Å². The van der Waals surface area contributed by atoms with Crippen molar-refractivity contribution in [3.8, 4) is 5.75 Å². The third kappa shape index (κ3) is 6.20. The highest BCUT2D eigenvalue weighted by atomic mass is 19.1. The van der Waals surface area contributed by atoms with Crippen LogP contribution in [-0.4, -0.2) is 31.6 Å². The van der Waals surface area contributed by atoms with Crippen LogP contribution < -0.4 is 15.4 Å². The number of carbonyl (C=O) groups excluding carboxylic acids is 1. The highest BCUT2D eigenvalue weighted by Gasteiger charge is 2.13. The summed E-state index contributed by atoms with van der Waals surface area (Å²) in [5.41, 5.74) is 0. The third-order valence-electron chi connectivity index (χ3n) is 2.51. The number of ether oxygens (including phenoxy) is 1. The lowest BCUT2D eigenvalue weighted by atomic mass is 10.3. The zero-order valence-electron chi connectivity index (χ0n) is 11.4. The molecule has 2 N–H and O–H groups in total. The molecule has 1 amide bonds. The van der Waals surface area contributed by atoms with Gasteiger partial charge in [-0.25, -0.2) is 4.39 Å². The average Bonchev–Trinajstić information content (AvgIpc) is 2.38. The Balaban J connectivity index is 2.28. The Labute approximate surface area is 113 Å². The predicted octanol–water partition coefficient (Wildman–Crippen LogP) is 1.71. The molecule has 1 atom stereocenters. The molecule has 0 bridgehead atoms. The van der Waals surface area contributed by atoms with Crippen molar-refractivity contribution < 1.29 is 13.9 Å². The van der Waals surface area contributed by atoms with E-state index in [2.05, 4.69) is 17.6 Å². The number of rotatable bonds is 8. The molecule has 0 aromatic heterocycles. The largest absolute Gasteiger partial charge is 0.481 e. The first-order chi connectivity index (χ1) is 9.13. The van der Waals surface area contributed by atoms with Crippen molar-refractivity contribution in [3.05, 3.63) is 30.1 Å². The summed E-state index contributed by atoms with van der Waals surface area (Å²) in [6.45, 7) is 5.94. The second-order valence-electron chi connectivity index (χ2n) is 4.26. The summed E-state index contributed by atoms with van der Waals surface area (Å²) in [4.78, 5) is 11.7. The fourth-order valence-electron chi connectivity index (χ4n) is 1.52. The van der Waals surface area contributed by atoms with Gasteiger partial charge in [0.05, 0.1) is 0 Å². The second kappa shape index (κ2) is 8.48. The van der Waals surface area contributed by atoms with Gasteiger partial charge in [-0.05, 0) is 32.0 Å². The van der Waals surface area contributed by atoms with E-state index in [-0.39, 0.29) is 11.7 Å². The maximum atomic E-state index is 13.0. The maximum Gasteiger partial charge on any atom is 0.260 e.